The van der Waals surface area contributed by atoms with E-state index in [-0.39, 0.29) is 18.3 Å². The van der Waals surface area contributed by atoms with Crippen molar-refractivity contribution in [1.82, 2.24) is 5.32 Å². The van der Waals surface area contributed by atoms with Crippen LogP contribution in [0.25, 0.3) is 11.1 Å². The zero-order chi connectivity index (χ0) is 16.7. The van der Waals surface area contributed by atoms with Gasteiger partial charge in [-0.2, -0.15) is 11.8 Å². The Hall–Kier alpha value is -1.49. The summed E-state index contributed by atoms with van der Waals surface area (Å²) in [5.41, 5.74) is 10.5. The van der Waals surface area contributed by atoms with Crippen LogP contribution in [0.5, 0.6) is 0 Å². The third-order valence-electron chi connectivity index (χ3n) is 3.71. The highest BCUT2D eigenvalue weighted by Gasteiger charge is 2.12. The molecule has 5 heteroatoms. The zero-order valence-electron chi connectivity index (χ0n) is 14.1. The lowest BCUT2D eigenvalue weighted by Crippen LogP contribution is -2.40. The molecule has 3 nitrogen and oxygen atoms in total. The van der Waals surface area contributed by atoms with Gasteiger partial charge in [0.2, 0.25) is 5.91 Å². The number of carbonyl (C=O) groups excluding carboxylic acids is 1. The molecule has 24 heavy (non-hydrogen) atoms. The lowest BCUT2D eigenvalue weighted by Gasteiger charge is -2.12. The summed E-state index contributed by atoms with van der Waals surface area (Å²) in [7, 11) is 0. The third-order valence-corrected chi connectivity index (χ3v) is 4.36. The van der Waals surface area contributed by atoms with Gasteiger partial charge in [0, 0.05) is 6.54 Å². The molecule has 0 saturated carbocycles. The normalized spacial score (nSPS) is 11.5. The quantitative estimate of drug-likeness (QED) is 0.786. The Morgan fingerprint density at radius 2 is 1.83 bits per heavy atom. The van der Waals surface area contributed by atoms with Crippen molar-refractivity contribution in [3.63, 3.8) is 0 Å². The van der Waals surface area contributed by atoms with Crippen LogP contribution < -0.4 is 11.1 Å². The van der Waals surface area contributed by atoms with E-state index in [4.69, 9.17) is 5.73 Å². The first-order valence-corrected chi connectivity index (χ1v) is 9.17. The average Bonchev–Trinajstić information content (AvgIpc) is 2.57. The molecular weight excluding hydrogens is 340 g/mol. The van der Waals surface area contributed by atoms with E-state index < -0.39 is 6.04 Å². The Labute approximate surface area is 154 Å². The van der Waals surface area contributed by atoms with E-state index in [1.807, 2.05) is 18.4 Å². The minimum atomic E-state index is -0.428. The molecule has 2 aromatic carbocycles. The Morgan fingerprint density at radius 1 is 1.17 bits per heavy atom. The first-order chi connectivity index (χ1) is 11.1. The van der Waals surface area contributed by atoms with Crippen molar-refractivity contribution in [2.45, 2.75) is 25.9 Å². The standard InChI is InChI=1S/C19H24N2OS.ClH/c1-14-5-3-7-16(11-14)17-8-4-6-15(12-17)13-21-19(22)18(20)9-10-23-2;/h3-8,11-12,18H,9-10,13,20H2,1-2H3,(H,21,22);1H/t18-;/m0./s1. The van der Waals surface area contributed by atoms with Crippen molar-refractivity contribution >= 4 is 30.1 Å². The molecule has 0 aliphatic heterocycles. The van der Waals surface area contributed by atoms with Gasteiger partial charge in [-0.3, -0.25) is 4.79 Å². The maximum absolute atomic E-state index is 12.0. The van der Waals surface area contributed by atoms with Gasteiger partial charge in [-0.25, -0.2) is 0 Å². The molecule has 0 saturated heterocycles. The number of carbonyl (C=O) groups is 1. The monoisotopic (exact) mass is 364 g/mol. The summed E-state index contributed by atoms with van der Waals surface area (Å²) in [6.45, 7) is 2.59. The summed E-state index contributed by atoms with van der Waals surface area (Å²) in [6.07, 6.45) is 2.72. The first-order valence-electron chi connectivity index (χ1n) is 7.78. The van der Waals surface area contributed by atoms with Crippen molar-refractivity contribution < 1.29 is 4.79 Å². The van der Waals surface area contributed by atoms with Gasteiger partial charge in [-0.05, 0) is 48.1 Å². The Bertz CT molecular complexity index is 663. The van der Waals surface area contributed by atoms with Crippen molar-refractivity contribution in [3.05, 3.63) is 59.7 Å². The van der Waals surface area contributed by atoms with Crippen LogP contribution in [0.15, 0.2) is 48.5 Å². The van der Waals surface area contributed by atoms with Crippen molar-refractivity contribution in [3.8, 4) is 11.1 Å². The second-order valence-electron chi connectivity index (χ2n) is 5.68. The fraction of sp³-hybridized carbons (Fsp3) is 0.316. The predicted molar refractivity (Wildman–Crippen MR) is 107 cm³/mol. The SMILES string of the molecule is CSCC[C@H](N)C(=O)NCc1cccc(-c2cccc(C)c2)c1.Cl. The summed E-state index contributed by atoms with van der Waals surface area (Å²) in [4.78, 5) is 12.0. The molecule has 0 fully saturated rings. The number of hydrogen-bond donors (Lipinski definition) is 2. The van der Waals surface area contributed by atoms with Crippen LogP contribution >= 0.6 is 24.2 Å². The lowest BCUT2D eigenvalue weighted by atomic mass is 10.0. The van der Waals surface area contributed by atoms with E-state index in [9.17, 15) is 4.79 Å². The molecule has 1 amide bonds. The number of amides is 1. The summed E-state index contributed by atoms with van der Waals surface area (Å²) in [5.74, 6) is 0.817. The summed E-state index contributed by atoms with van der Waals surface area (Å²) < 4.78 is 0. The van der Waals surface area contributed by atoms with Crippen LogP contribution in [0.2, 0.25) is 0 Å². The van der Waals surface area contributed by atoms with Crippen LogP contribution in [0, 0.1) is 6.92 Å². The second kappa shape index (κ2) is 10.4. The number of nitrogens with two attached hydrogens (primary N) is 1. The highest BCUT2D eigenvalue weighted by atomic mass is 35.5. The summed E-state index contributed by atoms with van der Waals surface area (Å²) in [6, 6.07) is 16.2. The average molecular weight is 365 g/mol. The van der Waals surface area contributed by atoms with Crippen molar-refractivity contribution in [1.29, 1.82) is 0 Å². The number of hydrogen-bond acceptors (Lipinski definition) is 3. The molecule has 0 aliphatic rings. The van der Waals surface area contributed by atoms with E-state index in [2.05, 4.69) is 48.6 Å². The molecule has 0 bridgehead atoms. The third kappa shape index (κ3) is 6.19. The van der Waals surface area contributed by atoms with Crippen LogP contribution in [-0.2, 0) is 11.3 Å². The van der Waals surface area contributed by atoms with Gasteiger partial charge < -0.3 is 11.1 Å². The van der Waals surface area contributed by atoms with E-state index in [1.165, 1.54) is 11.1 Å². The number of aryl methyl sites for hydroxylation is 1. The van der Waals surface area contributed by atoms with Crippen LogP contribution in [-0.4, -0.2) is 24.0 Å². The van der Waals surface area contributed by atoms with Crippen LogP contribution in [0.1, 0.15) is 17.5 Å². The fourth-order valence-corrected chi connectivity index (χ4v) is 2.87. The molecule has 130 valence electrons. The van der Waals surface area contributed by atoms with Gasteiger partial charge in [-0.15, -0.1) is 12.4 Å². The van der Waals surface area contributed by atoms with E-state index in [0.29, 0.717) is 13.0 Å². The smallest absolute Gasteiger partial charge is 0.237 e. The van der Waals surface area contributed by atoms with Gasteiger partial charge in [0.25, 0.3) is 0 Å². The molecule has 2 aromatic rings. The molecule has 1 atom stereocenters. The lowest BCUT2D eigenvalue weighted by molar-refractivity contribution is -0.122. The number of benzene rings is 2. The number of halogens is 1. The van der Waals surface area contributed by atoms with Gasteiger partial charge in [0.05, 0.1) is 6.04 Å². The Morgan fingerprint density at radius 3 is 2.50 bits per heavy atom. The van der Waals surface area contributed by atoms with Gasteiger partial charge in [-0.1, -0.05) is 48.0 Å². The maximum atomic E-state index is 12.0. The maximum Gasteiger partial charge on any atom is 0.237 e. The van der Waals surface area contributed by atoms with E-state index in [1.54, 1.807) is 11.8 Å². The summed E-state index contributed by atoms with van der Waals surface area (Å²) >= 11 is 1.70. The second-order valence-corrected chi connectivity index (χ2v) is 6.66. The predicted octanol–water partition coefficient (Wildman–Crippen LogP) is 3.78. The number of nitrogens with one attached hydrogen (secondary N) is 1. The summed E-state index contributed by atoms with van der Waals surface area (Å²) in [5, 5.41) is 2.92. The van der Waals surface area contributed by atoms with Crippen LogP contribution in [0.3, 0.4) is 0 Å². The number of thioether (sulfide) groups is 1. The molecule has 0 unspecified atom stereocenters. The molecule has 0 aliphatic carbocycles. The Kier molecular flexibility index (Phi) is 8.90. The molecule has 0 radical (unpaired) electrons. The topological polar surface area (TPSA) is 55.1 Å². The van der Waals surface area contributed by atoms with Crippen molar-refractivity contribution in [2.24, 2.45) is 5.73 Å². The fourth-order valence-electron chi connectivity index (χ4n) is 2.38. The van der Waals surface area contributed by atoms with Crippen molar-refractivity contribution in [2.75, 3.05) is 12.0 Å². The van der Waals surface area contributed by atoms with Gasteiger partial charge in [0.15, 0.2) is 0 Å². The first kappa shape index (κ1) is 20.6. The largest absolute Gasteiger partial charge is 0.351 e. The molecule has 3 N–H and O–H groups in total. The van der Waals surface area contributed by atoms with Gasteiger partial charge in [0.1, 0.15) is 0 Å². The zero-order valence-corrected chi connectivity index (χ0v) is 15.8. The van der Waals surface area contributed by atoms with Gasteiger partial charge >= 0.3 is 0 Å². The highest BCUT2D eigenvalue weighted by Crippen LogP contribution is 2.21. The van der Waals surface area contributed by atoms with E-state index in [0.717, 1.165) is 16.9 Å². The minimum Gasteiger partial charge on any atom is -0.351 e. The molecule has 0 aromatic heterocycles. The minimum absolute atomic E-state index is 0. The highest BCUT2D eigenvalue weighted by molar-refractivity contribution is 7.98. The van der Waals surface area contributed by atoms with Crippen LogP contribution in [0.4, 0.5) is 0 Å². The molecule has 0 spiro atoms. The number of rotatable bonds is 7. The van der Waals surface area contributed by atoms with E-state index >= 15 is 0 Å². The Balaban J connectivity index is 0.00000288. The molecule has 0 heterocycles. The molecular formula is C19H25ClN2OS. The molecule has 2 rings (SSSR count).